The number of amides is 1. The van der Waals surface area contributed by atoms with Crippen molar-refractivity contribution in [3.63, 3.8) is 0 Å². The van der Waals surface area contributed by atoms with Gasteiger partial charge in [0.05, 0.1) is 50.1 Å². The highest BCUT2D eigenvalue weighted by Gasteiger charge is 2.47. The van der Waals surface area contributed by atoms with Gasteiger partial charge in [0.1, 0.15) is 17.3 Å². The van der Waals surface area contributed by atoms with Crippen molar-refractivity contribution in [2.75, 3.05) is 32.8 Å². The SMILES string of the molecule is CCOc1cc(C2/C(=C(\O)c3cc(OC)c(Cl)cc3OC)C(=O)C(=O)N2c2ccc(C)c(C)c2)ccc1OC. The van der Waals surface area contributed by atoms with Crippen LogP contribution in [0.25, 0.3) is 5.76 Å². The van der Waals surface area contributed by atoms with Crippen molar-refractivity contribution in [2.24, 2.45) is 0 Å². The first-order chi connectivity index (χ1) is 18.7. The summed E-state index contributed by atoms with van der Waals surface area (Å²) in [5, 5.41) is 11.9. The molecule has 1 atom stereocenters. The van der Waals surface area contributed by atoms with E-state index < -0.39 is 23.5 Å². The van der Waals surface area contributed by atoms with Crippen molar-refractivity contribution in [2.45, 2.75) is 26.8 Å². The van der Waals surface area contributed by atoms with Crippen LogP contribution in [0, 0.1) is 13.8 Å². The monoisotopic (exact) mass is 551 g/mol. The molecule has 1 amide bonds. The summed E-state index contributed by atoms with van der Waals surface area (Å²) in [4.78, 5) is 28.6. The maximum Gasteiger partial charge on any atom is 0.300 e. The van der Waals surface area contributed by atoms with Gasteiger partial charge in [0.15, 0.2) is 11.5 Å². The standard InChI is InChI=1S/C30H30ClNO7/c1-7-39-25-13-18(9-11-22(25)36-4)27-26(28(33)20-14-24(38-6)21(31)15-23(20)37-5)29(34)30(35)32(27)19-10-8-16(2)17(3)12-19/h8-15,27,33H,7H2,1-6H3/b28-26+. The smallest absolute Gasteiger partial charge is 0.300 e. The largest absolute Gasteiger partial charge is 0.507 e. The van der Waals surface area contributed by atoms with Crippen molar-refractivity contribution in [1.29, 1.82) is 0 Å². The van der Waals surface area contributed by atoms with E-state index in [9.17, 15) is 14.7 Å². The van der Waals surface area contributed by atoms with Gasteiger partial charge in [-0.2, -0.15) is 0 Å². The van der Waals surface area contributed by atoms with Gasteiger partial charge in [-0.3, -0.25) is 14.5 Å². The lowest BCUT2D eigenvalue weighted by molar-refractivity contribution is -0.132. The lowest BCUT2D eigenvalue weighted by atomic mass is 9.94. The molecule has 1 heterocycles. The van der Waals surface area contributed by atoms with Crippen LogP contribution in [0.3, 0.4) is 0 Å². The fraction of sp³-hybridized carbons (Fsp3) is 0.267. The molecule has 0 aliphatic carbocycles. The van der Waals surface area contributed by atoms with Gasteiger partial charge in [0.2, 0.25) is 0 Å². The van der Waals surface area contributed by atoms with Crippen molar-refractivity contribution in [1.82, 2.24) is 0 Å². The van der Waals surface area contributed by atoms with E-state index in [0.29, 0.717) is 29.4 Å². The minimum atomic E-state index is -0.983. The average Bonchev–Trinajstić information content (AvgIpc) is 3.19. The van der Waals surface area contributed by atoms with Crippen molar-refractivity contribution < 1.29 is 33.6 Å². The van der Waals surface area contributed by atoms with E-state index in [1.54, 1.807) is 24.3 Å². The quantitative estimate of drug-likeness (QED) is 0.208. The zero-order valence-corrected chi connectivity index (χ0v) is 23.4. The van der Waals surface area contributed by atoms with Gasteiger partial charge in [0, 0.05) is 11.8 Å². The third-order valence-corrected chi connectivity index (χ3v) is 7.04. The Bertz CT molecular complexity index is 1480. The number of Topliss-reactive ketones (excluding diaryl/α,β-unsaturated/α-hetero) is 1. The zero-order chi connectivity index (χ0) is 28.4. The number of methoxy groups -OCH3 is 3. The summed E-state index contributed by atoms with van der Waals surface area (Å²) < 4.78 is 22.0. The van der Waals surface area contributed by atoms with Crippen LogP contribution in [0.15, 0.2) is 54.1 Å². The molecule has 39 heavy (non-hydrogen) atoms. The molecule has 0 saturated carbocycles. The number of carbonyl (C=O) groups excluding carboxylic acids is 2. The second-order valence-electron chi connectivity index (χ2n) is 8.97. The number of aryl methyl sites for hydroxylation is 2. The van der Waals surface area contributed by atoms with Gasteiger partial charge < -0.3 is 24.1 Å². The molecule has 8 nitrogen and oxygen atoms in total. The second kappa shape index (κ2) is 11.3. The number of halogens is 1. The molecule has 0 radical (unpaired) electrons. The average molecular weight is 552 g/mol. The molecule has 0 spiro atoms. The van der Waals surface area contributed by atoms with Gasteiger partial charge in [-0.25, -0.2) is 0 Å². The second-order valence-corrected chi connectivity index (χ2v) is 9.38. The van der Waals surface area contributed by atoms with Crippen LogP contribution in [0.2, 0.25) is 5.02 Å². The number of aliphatic hydroxyl groups is 1. The topological polar surface area (TPSA) is 94.5 Å². The number of anilines is 1. The van der Waals surface area contributed by atoms with E-state index >= 15 is 0 Å². The van der Waals surface area contributed by atoms with E-state index in [0.717, 1.165) is 11.1 Å². The molecule has 9 heteroatoms. The van der Waals surface area contributed by atoms with Crippen LogP contribution < -0.4 is 23.8 Å². The minimum absolute atomic E-state index is 0.117. The van der Waals surface area contributed by atoms with Gasteiger partial charge >= 0.3 is 0 Å². The summed E-state index contributed by atoms with van der Waals surface area (Å²) in [5.41, 5.74) is 3.07. The number of ether oxygens (including phenoxy) is 4. The van der Waals surface area contributed by atoms with E-state index in [-0.39, 0.29) is 27.7 Å². The molecule has 1 N–H and O–H groups in total. The summed E-state index contributed by atoms with van der Waals surface area (Å²) in [6.45, 7) is 6.10. The van der Waals surface area contributed by atoms with Crippen LogP contribution in [0.4, 0.5) is 5.69 Å². The number of carbonyl (C=O) groups is 2. The van der Waals surface area contributed by atoms with Gasteiger partial charge in [-0.1, -0.05) is 23.7 Å². The van der Waals surface area contributed by atoms with E-state index in [1.807, 2.05) is 32.9 Å². The number of ketones is 1. The Morgan fingerprint density at radius 1 is 0.872 bits per heavy atom. The molecule has 204 valence electrons. The van der Waals surface area contributed by atoms with Crippen molar-refractivity contribution in [3.8, 4) is 23.0 Å². The van der Waals surface area contributed by atoms with Crippen LogP contribution in [-0.2, 0) is 9.59 Å². The predicted octanol–water partition coefficient (Wildman–Crippen LogP) is 6.01. The molecule has 1 saturated heterocycles. The highest BCUT2D eigenvalue weighted by atomic mass is 35.5. The normalized spacial score (nSPS) is 16.4. The summed E-state index contributed by atoms with van der Waals surface area (Å²) in [6.07, 6.45) is 0. The van der Waals surface area contributed by atoms with Crippen LogP contribution in [0.1, 0.15) is 35.2 Å². The molecule has 1 fully saturated rings. The third-order valence-electron chi connectivity index (χ3n) is 6.75. The van der Waals surface area contributed by atoms with Crippen LogP contribution >= 0.6 is 11.6 Å². The molecule has 0 aromatic heterocycles. The van der Waals surface area contributed by atoms with Gasteiger partial charge in [0.25, 0.3) is 11.7 Å². The number of benzene rings is 3. The number of hydrogen-bond donors (Lipinski definition) is 1. The fourth-order valence-electron chi connectivity index (χ4n) is 4.61. The van der Waals surface area contributed by atoms with Crippen molar-refractivity contribution in [3.05, 3.63) is 81.4 Å². The summed E-state index contributed by atoms with van der Waals surface area (Å²) >= 11 is 6.27. The third kappa shape index (κ3) is 5.00. The molecule has 1 aliphatic heterocycles. The summed E-state index contributed by atoms with van der Waals surface area (Å²) in [6, 6.07) is 12.6. The minimum Gasteiger partial charge on any atom is -0.507 e. The lowest BCUT2D eigenvalue weighted by Crippen LogP contribution is -2.29. The molecule has 4 rings (SSSR count). The number of nitrogens with zero attached hydrogens (tertiary/aromatic N) is 1. The molecule has 0 bridgehead atoms. The zero-order valence-electron chi connectivity index (χ0n) is 22.6. The first-order valence-corrected chi connectivity index (χ1v) is 12.6. The number of hydrogen-bond acceptors (Lipinski definition) is 7. The van der Waals surface area contributed by atoms with Crippen molar-refractivity contribution >= 4 is 34.7 Å². The highest BCUT2D eigenvalue weighted by molar-refractivity contribution is 6.51. The van der Waals surface area contributed by atoms with Gasteiger partial charge in [-0.15, -0.1) is 0 Å². The first kappa shape index (κ1) is 27.9. The Morgan fingerprint density at radius 2 is 1.56 bits per heavy atom. The molecular weight excluding hydrogens is 522 g/mol. The molecule has 1 unspecified atom stereocenters. The highest BCUT2D eigenvalue weighted by Crippen LogP contribution is 2.46. The fourth-order valence-corrected chi connectivity index (χ4v) is 4.84. The van der Waals surface area contributed by atoms with Crippen LogP contribution in [0.5, 0.6) is 23.0 Å². The molecular formula is C30H30ClNO7. The van der Waals surface area contributed by atoms with E-state index in [4.69, 9.17) is 30.5 Å². The van der Waals surface area contributed by atoms with Crippen LogP contribution in [-0.4, -0.2) is 44.7 Å². The molecule has 3 aromatic carbocycles. The lowest BCUT2D eigenvalue weighted by Gasteiger charge is -2.27. The maximum atomic E-state index is 13.6. The molecule has 3 aromatic rings. The Morgan fingerprint density at radius 3 is 2.18 bits per heavy atom. The van der Waals surface area contributed by atoms with E-state index in [1.165, 1.54) is 38.4 Å². The Kier molecular flexibility index (Phi) is 8.06. The van der Waals surface area contributed by atoms with E-state index in [2.05, 4.69) is 0 Å². The number of rotatable bonds is 8. The predicted molar refractivity (Wildman–Crippen MR) is 149 cm³/mol. The van der Waals surface area contributed by atoms with Gasteiger partial charge in [-0.05, 0) is 67.8 Å². The Balaban J connectivity index is 2.03. The number of aliphatic hydroxyl groups excluding tert-OH is 1. The first-order valence-electron chi connectivity index (χ1n) is 12.3. The Labute approximate surface area is 232 Å². The summed E-state index contributed by atoms with van der Waals surface area (Å²) in [7, 11) is 4.37. The maximum absolute atomic E-state index is 13.6. The summed E-state index contributed by atoms with van der Waals surface area (Å²) in [5.74, 6) is -0.646. The molecule has 1 aliphatic rings. The Hall–Kier alpha value is -4.17.